The molecule has 0 aromatic rings. The average molecular weight is 206 g/mol. The third kappa shape index (κ3) is 10.4. The van der Waals surface area contributed by atoms with Crippen molar-refractivity contribution < 1.29 is 9.53 Å². The van der Waals surface area contributed by atoms with Crippen molar-refractivity contribution in [2.24, 2.45) is 0 Å². The molecule has 0 spiro atoms. The van der Waals surface area contributed by atoms with E-state index in [2.05, 4.69) is 0 Å². The summed E-state index contributed by atoms with van der Waals surface area (Å²) in [5.74, 6) is -0.310. The van der Waals surface area contributed by atoms with Crippen molar-refractivity contribution in [2.75, 3.05) is 6.61 Å². The molecule has 0 heterocycles. The fourth-order valence-corrected chi connectivity index (χ4v) is 0.765. The molecule has 0 radical (unpaired) electrons. The highest BCUT2D eigenvalue weighted by molar-refractivity contribution is 5.82. The van der Waals surface area contributed by atoms with Crippen LogP contribution < -0.4 is 0 Å². The van der Waals surface area contributed by atoms with Crippen molar-refractivity contribution in [2.45, 2.75) is 20.8 Å². The number of rotatable bonds is 5. The highest BCUT2D eigenvalue weighted by Gasteiger charge is 1.89. The first-order valence-corrected chi connectivity index (χ1v) is 4.98. The van der Waals surface area contributed by atoms with Gasteiger partial charge in [-0.1, -0.05) is 42.0 Å². The molecule has 15 heavy (non-hydrogen) atoms. The van der Waals surface area contributed by atoms with Gasteiger partial charge >= 0.3 is 5.97 Å². The summed E-state index contributed by atoms with van der Waals surface area (Å²) >= 11 is 0. The molecule has 82 valence electrons. The van der Waals surface area contributed by atoms with Crippen molar-refractivity contribution >= 4 is 5.97 Å². The van der Waals surface area contributed by atoms with Gasteiger partial charge in [0, 0.05) is 6.08 Å². The molecule has 2 nitrogen and oxygen atoms in total. The molecule has 0 aliphatic heterocycles. The maximum Gasteiger partial charge on any atom is 0.330 e. The second-order valence-electron chi connectivity index (χ2n) is 3.12. The first-order chi connectivity index (χ1) is 7.16. The third-order valence-electron chi connectivity index (χ3n) is 1.39. The van der Waals surface area contributed by atoms with Gasteiger partial charge in [-0.05, 0) is 20.8 Å². The summed E-state index contributed by atoms with van der Waals surface area (Å²) in [6.07, 6.45) is 12.6. The van der Waals surface area contributed by atoms with Crippen LogP contribution in [0.1, 0.15) is 20.8 Å². The van der Waals surface area contributed by atoms with Gasteiger partial charge in [-0.2, -0.15) is 0 Å². The molecule has 0 unspecified atom stereocenters. The highest BCUT2D eigenvalue weighted by Crippen LogP contribution is 1.89. The second kappa shape index (κ2) is 9.00. The van der Waals surface area contributed by atoms with Crippen molar-refractivity contribution in [3.8, 4) is 0 Å². The quantitative estimate of drug-likeness (QED) is 0.392. The maximum absolute atomic E-state index is 10.9. The molecule has 0 aromatic carbocycles. The normalized spacial score (nSPS) is 11.4. The number of carbonyl (C=O) groups excluding carboxylic acids is 1. The summed E-state index contributed by atoms with van der Waals surface area (Å²) in [6.45, 7) is 6.26. The topological polar surface area (TPSA) is 26.3 Å². The van der Waals surface area contributed by atoms with Gasteiger partial charge in [-0.25, -0.2) is 4.79 Å². The Morgan fingerprint density at radius 1 is 1.07 bits per heavy atom. The fraction of sp³-hybridized carbons (Fsp3) is 0.308. The minimum Gasteiger partial charge on any atom is -0.463 e. The van der Waals surface area contributed by atoms with Gasteiger partial charge in [-0.15, -0.1) is 0 Å². The smallest absolute Gasteiger partial charge is 0.330 e. The summed E-state index contributed by atoms with van der Waals surface area (Å²) in [6, 6.07) is 0. The Hall–Kier alpha value is -1.57. The van der Waals surface area contributed by atoms with Gasteiger partial charge in [-0.3, -0.25) is 0 Å². The minimum absolute atomic E-state index is 0.310. The van der Waals surface area contributed by atoms with E-state index >= 15 is 0 Å². The summed E-state index contributed by atoms with van der Waals surface area (Å²) in [5, 5.41) is 0. The van der Waals surface area contributed by atoms with Crippen molar-refractivity contribution in [1.82, 2.24) is 0 Å². The van der Waals surface area contributed by atoms with Crippen LogP contribution in [0.15, 0.2) is 48.1 Å². The lowest BCUT2D eigenvalue weighted by Crippen LogP contribution is -1.98. The second-order valence-corrected chi connectivity index (χ2v) is 3.12. The Kier molecular flexibility index (Phi) is 8.06. The van der Waals surface area contributed by atoms with E-state index < -0.39 is 0 Å². The zero-order valence-electron chi connectivity index (χ0n) is 9.57. The summed E-state index contributed by atoms with van der Waals surface area (Å²) in [4.78, 5) is 10.9. The molecule has 0 atom stereocenters. The van der Waals surface area contributed by atoms with Crippen LogP contribution in [0.25, 0.3) is 0 Å². The molecular formula is C13H18O2. The summed E-state index contributed by atoms with van der Waals surface area (Å²) in [7, 11) is 0. The number of hydrogen-bond acceptors (Lipinski definition) is 2. The fourth-order valence-electron chi connectivity index (χ4n) is 0.765. The summed E-state index contributed by atoms with van der Waals surface area (Å²) < 4.78 is 4.71. The standard InChI is InChI=1S/C13H18O2/c1-4-15-13(14)11-9-7-5-6-8-10-12(2)3/h5-11H,4H2,1-3H3. The van der Waals surface area contributed by atoms with Gasteiger partial charge in [0.15, 0.2) is 0 Å². The van der Waals surface area contributed by atoms with E-state index in [4.69, 9.17) is 4.74 Å². The predicted molar refractivity (Wildman–Crippen MR) is 63.5 cm³/mol. The molecule has 0 amide bonds. The molecule has 0 aromatic heterocycles. The van der Waals surface area contributed by atoms with Gasteiger partial charge in [0.25, 0.3) is 0 Å². The van der Waals surface area contributed by atoms with E-state index in [-0.39, 0.29) is 5.97 Å². The van der Waals surface area contributed by atoms with Crippen LogP contribution in [0.2, 0.25) is 0 Å². The van der Waals surface area contributed by atoms with E-state index in [1.54, 1.807) is 19.1 Å². The number of carbonyl (C=O) groups is 1. The Labute approximate surface area is 91.6 Å². The number of hydrogen-bond donors (Lipinski definition) is 0. The van der Waals surface area contributed by atoms with Gasteiger partial charge < -0.3 is 4.74 Å². The van der Waals surface area contributed by atoms with Gasteiger partial charge in [0.05, 0.1) is 6.61 Å². The molecule has 0 saturated carbocycles. The third-order valence-corrected chi connectivity index (χ3v) is 1.39. The Bertz CT molecular complexity index is 290. The van der Waals surface area contributed by atoms with Crippen molar-refractivity contribution in [1.29, 1.82) is 0 Å². The molecular weight excluding hydrogens is 188 g/mol. The largest absolute Gasteiger partial charge is 0.463 e. The number of ether oxygens (including phenoxy) is 1. The zero-order valence-corrected chi connectivity index (χ0v) is 9.57. The molecule has 0 N–H and O–H groups in total. The van der Waals surface area contributed by atoms with Crippen molar-refractivity contribution in [3.05, 3.63) is 48.1 Å². The van der Waals surface area contributed by atoms with Gasteiger partial charge in [0.2, 0.25) is 0 Å². The van der Waals surface area contributed by atoms with Crippen LogP contribution in [-0.4, -0.2) is 12.6 Å². The van der Waals surface area contributed by atoms with Crippen LogP contribution in [0, 0.1) is 0 Å². The lowest BCUT2D eigenvalue weighted by atomic mass is 10.3. The number of esters is 1. The Morgan fingerprint density at radius 2 is 1.67 bits per heavy atom. The van der Waals surface area contributed by atoms with E-state index in [1.807, 2.05) is 38.2 Å². The van der Waals surface area contributed by atoms with Crippen LogP contribution in [0.5, 0.6) is 0 Å². The summed E-state index contributed by atoms with van der Waals surface area (Å²) in [5.41, 5.74) is 1.25. The van der Waals surface area contributed by atoms with Crippen LogP contribution in [0.3, 0.4) is 0 Å². The lowest BCUT2D eigenvalue weighted by molar-refractivity contribution is -0.137. The molecule has 0 aliphatic carbocycles. The molecule has 0 saturated heterocycles. The van der Waals surface area contributed by atoms with Crippen LogP contribution >= 0.6 is 0 Å². The molecule has 0 rings (SSSR count). The monoisotopic (exact) mass is 206 g/mol. The maximum atomic E-state index is 10.9. The van der Waals surface area contributed by atoms with Crippen LogP contribution in [-0.2, 0) is 9.53 Å². The zero-order chi connectivity index (χ0) is 11.5. The SMILES string of the molecule is CCOC(=O)C=CC=CC=CC=C(C)C. The lowest BCUT2D eigenvalue weighted by Gasteiger charge is -1.92. The Balaban J connectivity index is 3.85. The average Bonchev–Trinajstić information content (AvgIpc) is 2.16. The predicted octanol–water partition coefficient (Wildman–Crippen LogP) is 3.18. The number of allylic oxidation sites excluding steroid dienone is 7. The first-order valence-electron chi connectivity index (χ1n) is 4.98. The highest BCUT2D eigenvalue weighted by atomic mass is 16.5. The molecule has 0 fully saturated rings. The molecule has 2 heteroatoms. The first kappa shape index (κ1) is 13.4. The minimum atomic E-state index is -0.310. The molecule has 0 bridgehead atoms. The van der Waals surface area contributed by atoms with E-state index in [0.29, 0.717) is 6.61 Å². The van der Waals surface area contributed by atoms with Gasteiger partial charge in [0.1, 0.15) is 0 Å². The van der Waals surface area contributed by atoms with Crippen LogP contribution in [0.4, 0.5) is 0 Å². The van der Waals surface area contributed by atoms with Crippen molar-refractivity contribution in [3.63, 3.8) is 0 Å². The molecule has 0 aliphatic rings. The van der Waals surface area contributed by atoms with E-state index in [0.717, 1.165) is 0 Å². The Morgan fingerprint density at radius 3 is 2.27 bits per heavy atom. The van der Waals surface area contributed by atoms with E-state index in [1.165, 1.54) is 11.6 Å². The van der Waals surface area contributed by atoms with E-state index in [9.17, 15) is 4.79 Å².